The van der Waals surface area contributed by atoms with Crippen molar-refractivity contribution < 1.29 is 24.5 Å². The van der Waals surface area contributed by atoms with Gasteiger partial charge in [0.2, 0.25) is 0 Å². The zero-order valence-corrected chi connectivity index (χ0v) is 17.9. The highest BCUT2D eigenvalue weighted by molar-refractivity contribution is 7.99. The maximum atomic E-state index is 13.2. The van der Waals surface area contributed by atoms with E-state index in [9.17, 15) is 19.8 Å². The van der Waals surface area contributed by atoms with Gasteiger partial charge in [0, 0.05) is 11.7 Å². The third-order valence-electron chi connectivity index (χ3n) is 5.99. The van der Waals surface area contributed by atoms with Crippen LogP contribution in [-0.2, 0) is 9.53 Å². The van der Waals surface area contributed by atoms with E-state index in [1.54, 1.807) is 18.2 Å². The van der Waals surface area contributed by atoms with Gasteiger partial charge < -0.3 is 14.9 Å². The molecule has 1 aliphatic carbocycles. The Morgan fingerprint density at radius 1 is 0.969 bits per heavy atom. The molecular weight excluding hydrogens is 426 g/mol. The van der Waals surface area contributed by atoms with Gasteiger partial charge >= 0.3 is 12.1 Å². The van der Waals surface area contributed by atoms with Crippen LogP contribution in [-0.4, -0.2) is 45.6 Å². The molecule has 0 saturated carbocycles. The lowest BCUT2D eigenvalue weighted by atomic mass is 9.98. The van der Waals surface area contributed by atoms with E-state index >= 15 is 0 Å². The minimum atomic E-state index is -1.08. The summed E-state index contributed by atoms with van der Waals surface area (Å²) in [6.45, 7) is 0.118. The Labute approximate surface area is 189 Å². The molecule has 1 heterocycles. The topological polar surface area (TPSA) is 87.1 Å². The molecule has 1 unspecified atom stereocenters. The molecule has 32 heavy (non-hydrogen) atoms. The summed E-state index contributed by atoms with van der Waals surface area (Å²) in [5, 5.41) is 19.0. The van der Waals surface area contributed by atoms with Gasteiger partial charge in [0.05, 0.1) is 0 Å². The molecule has 6 nitrogen and oxygen atoms in total. The van der Waals surface area contributed by atoms with Gasteiger partial charge in [0.1, 0.15) is 23.8 Å². The van der Waals surface area contributed by atoms with Crippen molar-refractivity contribution >= 4 is 23.8 Å². The van der Waals surface area contributed by atoms with Gasteiger partial charge in [-0.25, -0.2) is 9.59 Å². The molecule has 162 valence electrons. The first-order valence-corrected chi connectivity index (χ1v) is 11.4. The molecule has 1 amide bonds. The van der Waals surface area contributed by atoms with Crippen molar-refractivity contribution in [3.8, 4) is 16.9 Å². The number of nitrogens with zero attached hydrogens (tertiary/aromatic N) is 1. The van der Waals surface area contributed by atoms with E-state index in [1.807, 2.05) is 36.4 Å². The van der Waals surface area contributed by atoms with Crippen molar-refractivity contribution in [1.29, 1.82) is 0 Å². The van der Waals surface area contributed by atoms with E-state index in [0.717, 1.165) is 22.3 Å². The summed E-state index contributed by atoms with van der Waals surface area (Å²) in [5.41, 5.74) is 5.10. The number of benzene rings is 3. The number of carboxylic acids is 1. The molecule has 7 heteroatoms. The molecule has 2 atom stereocenters. The summed E-state index contributed by atoms with van der Waals surface area (Å²) >= 11 is 1.35. The highest BCUT2D eigenvalue weighted by atomic mass is 32.2. The maximum absolute atomic E-state index is 13.2. The first-order chi connectivity index (χ1) is 15.5. The van der Waals surface area contributed by atoms with E-state index < -0.39 is 23.5 Å². The van der Waals surface area contributed by atoms with Crippen LogP contribution in [0.5, 0.6) is 5.75 Å². The lowest BCUT2D eigenvalue weighted by Crippen LogP contribution is -2.43. The van der Waals surface area contributed by atoms with Crippen LogP contribution in [0.1, 0.15) is 28.0 Å². The van der Waals surface area contributed by atoms with Gasteiger partial charge in [-0.3, -0.25) is 4.90 Å². The Hall–Kier alpha value is -3.45. The normalized spacial score (nSPS) is 19.4. The van der Waals surface area contributed by atoms with Gasteiger partial charge in [-0.2, -0.15) is 0 Å². The molecule has 0 aromatic heterocycles. The molecule has 1 aliphatic heterocycles. The van der Waals surface area contributed by atoms with Crippen molar-refractivity contribution in [2.75, 3.05) is 12.4 Å². The zero-order chi connectivity index (χ0) is 22.2. The van der Waals surface area contributed by atoms with Gasteiger partial charge in [-0.05, 0) is 39.9 Å². The summed E-state index contributed by atoms with van der Waals surface area (Å²) in [5.74, 6) is -0.869. The molecule has 1 fully saturated rings. The Balaban J connectivity index is 1.40. The van der Waals surface area contributed by atoms with Crippen molar-refractivity contribution in [1.82, 2.24) is 4.90 Å². The number of thioether (sulfide) groups is 1. The Morgan fingerprint density at radius 2 is 1.62 bits per heavy atom. The Morgan fingerprint density at radius 3 is 2.25 bits per heavy atom. The van der Waals surface area contributed by atoms with Crippen molar-refractivity contribution in [2.45, 2.75) is 17.3 Å². The number of rotatable bonds is 4. The molecule has 0 radical (unpaired) electrons. The van der Waals surface area contributed by atoms with E-state index in [2.05, 4.69) is 12.1 Å². The molecule has 5 rings (SSSR count). The number of fused-ring (bicyclic) bond motifs is 3. The van der Waals surface area contributed by atoms with E-state index in [0.29, 0.717) is 5.56 Å². The summed E-state index contributed by atoms with van der Waals surface area (Å²) in [6, 6.07) is 21.6. The molecule has 0 bridgehead atoms. The van der Waals surface area contributed by atoms with Crippen molar-refractivity contribution in [2.24, 2.45) is 0 Å². The van der Waals surface area contributed by atoms with Gasteiger partial charge in [-0.15, -0.1) is 11.8 Å². The second kappa shape index (κ2) is 8.24. The lowest BCUT2D eigenvalue weighted by Gasteiger charge is -2.27. The minimum Gasteiger partial charge on any atom is -0.508 e. The smallest absolute Gasteiger partial charge is 0.411 e. The summed E-state index contributed by atoms with van der Waals surface area (Å²) in [6.07, 6.45) is -0.669. The number of amides is 1. The first-order valence-electron chi connectivity index (χ1n) is 10.3. The summed E-state index contributed by atoms with van der Waals surface area (Å²) in [7, 11) is 0. The van der Waals surface area contributed by atoms with E-state index in [-0.39, 0.29) is 24.0 Å². The fourth-order valence-corrected chi connectivity index (χ4v) is 5.92. The number of hydrogen-bond donors (Lipinski definition) is 2. The van der Waals surface area contributed by atoms with E-state index in [1.165, 1.54) is 22.7 Å². The van der Waals surface area contributed by atoms with Crippen LogP contribution in [0.25, 0.3) is 11.1 Å². The number of phenolic OH excluding ortho intramolecular Hbond substituents is 1. The van der Waals surface area contributed by atoms with Gasteiger partial charge in [-0.1, -0.05) is 60.7 Å². The number of carbonyl (C=O) groups is 2. The molecule has 3 aromatic rings. The number of phenols is 1. The number of ether oxygens (including phenoxy) is 1. The molecular formula is C25H21NO5S. The highest BCUT2D eigenvalue weighted by Gasteiger charge is 2.44. The third kappa shape index (κ3) is 3.48. The number of hydrogen-bond acceptors (Lipinski definition) is 5. The van der Waals surface area contributed by atoms with Crippen molar-refractivity contribution in [3.05, 3.63) is 89.5 Å². The second-order valence-electron chi connectivity index (χ2n) is 7.85. The van der Waals surface area contributed by atoms with Crippen LogP contribution in [0, 0.1) is 0 Å². The number of aromatic hydroxyl groups is 1. The predicted octanol–water partition coefficient (Wildman–Crippen LogP) is 4.84. The Bertz CT molecular complexity index is 1150. The fourth-order valence-electron chi connectivity index (χ4n) is 4.52. The number of carboxylic acid groups (broad SMARTS) is 1. The quantitative estimate of drug-likeness (QED) is 0.595. The monoisotopic (exact) mass is 447 g/mol. The summed E-state index contributed by atoms with van der Waals surface area (Å²) < 4.78 is 5.73. The average molecular weight is 448 g/mol. The fraction of sp³-hybridized carbons (Fsp3) is 0.200. The van der Waals surface area contributed by atoms with Crippen LogP contribution >= 0.6 is 11.8 Å². The van der Waals surface area contributed by atoms with Gasteiger partial charge in [0.25, 0.3) is 0 Å². The molecule has 1 saturated heterocycles. The summed E-state index contributed by atoms with van der Waals surface area (Å²) in [4.78, 5) is 26.3. The predicted molar refractivity (Wildman–Crippen MR) is 122 cm³/mol. The van der Waals surface area contributed by atoms with Crippen LogP contribution in [0.4, 0.5) is 4.79 Å². The van der Waals surface area contributed by atoms with Crippen molar-refractivity contribution in [3.63, 3.8) is 0 Å². The zero-order valence-electron chi connectivity index (χ0n) is 17.0. The Kier molecular flexibility index (Phi) is 5.27. The molecule has 2 N–H and O–H groups in total. The third-order valence-corrected chi connectivity index (χ3v) is 7.31. The SMILES string of the molecule is O=C(O)[C@H]1CSC(c2cccc(O)c2)N1C(=O)OCC1c2ccccc2-c2ccccc21. The average Bonchev–Trinajstić information content (AvgIpc) is 3.38. The standard InChI is InChI=1S/C25H21NO5S/c27-16-7-5-6-15(12-16)23-26(22(14-32-23)24(28)29)25(30)31-13-21-19-10-3-1-8-17(19)18-9-2-4-11-20(18)21/h1-12,21-23,27H,13-14H2,(H,28,29)/t22-,23?/m1/s1. The highest BCUT2D eigenvalue weighted by Crippen LogP contribution is 2.46. The van der Waals surface area contributed by atoms with Crippen LogP contribution in [0.15, 0.2) is 72.8 Å². The molecule has 3 aromatic carbocycles. The van der Waals surface area contributed by atoms with Crippen LogP contribution in [0.3, 0.4) is 0 Å². The molecule has 0 spiro atoms. The number of carbonyl (C=O) groups excluding carboxylic acids is 1. The largest absolute Gasteiger partial charge is 0.508 e. The first kappa shape index (κ1) is 20.5. The van der Waals surface area contributed by atoms with E-state index in [4.69, 9.17) is 4.74 Å². The van der Waals surface area contributed by atoms with Gasteiger partial charge in [0.15, 0.2) is 0 Å². The number of aliphatic carboxylic acids is 1. The maximum Gasteiger partial charge on any atom is 0.411 e. The molecule has 2 aliphatic rings. The van der Waals surface area contributed by atoms with Crippen LogP contribution in [0.2, 0.25) is 0 Å². The lowest BCUT2D eigenvalue weighted by molar-refractivity contribution is -0.141. The second-order valence-corrected chi connectivity index (χ2v) is 8.96. The van der Waals surface area contributed by atoms with Crippen LogP contribution < -0.4 is 0 Å². The minimum absolute atomic E-state index is 0.0642.